The van der Waals surface area contributed by atoms with Gasteiger partial charge >= 0.3 is 0 Å². The zero-order valence-corrected chi connectivity index (χ0v) is 17.4. The predicted molar refractivity (Wildman–Crippen MR) is 117 cm³/mol. The number of aryl methyl sites for hydroxylation is 1. The van der Waals surface area contributed by atoms with Gasteiger partial charge in [0.2, 0.25) is 5.95 Å². The summed E-state index contributed by atoms with van der Waals surface area (Å²) >= 11 is 0. The molecule has 0 amide bonds. The van der Waals surface area contributed by atoms with E-state index in [0.717, 1.165) is 22.8 Å². The summed E-state index contributed by atoms with van der Waals surface area (Å²) in [5.41, 5.74) is -0.177. The second kappa shape index (κ2) is 9.00. The molecule has 0 saturated carbocycles. The maximum atomic E-state index is 14.6. The quantitative estimate of drug-likeness (QED) is 0.413. The van der Waals surface area contributed by atoms with Gasteiger partial charge in [-0.25, -0.2) is 18.2 Å². The Kier molecular flexibility index (Phi) is 6.12. The molecule has 2 aromatic carbocycles. The maximum absolute atomic E-state index is 14.6. The summed E-state index contributed by atoms with van der Waals surface area (Å²) in [7, 11) is 0. The largest absolute Gasteiger partial charge is 0.394 e. The summed E-state index contributed by atoms with van der Waals surface area (Å²) in [4.78, 5) is 21.5. The molecule has 0 unspecified atom stereocenters. The molecule has 10 heteroatoms. The SMILES string of the molecule is Cc1cc(F)ccc1-c1nc(NC(CO)CO)nc2c1ccc(=O)n2-c1c(F)cccc1F. The van der Waals surface area contributed by atoms with Crippen molar-refractivity contribution < 1.29 is 23.4 Å². The molecule has 0 spiro atoms. The molecule has 0 radical (unpaired) electrons. The fraction of sp³-hybridized carbons (Fsp3) is 0.174. The number of pyridine rings is 1. The van der Waals surface area contributed by atoms with E-state index in [2.05, 4.69) is 15.3 Å². The van der Waals surface area contributed by atoms with Crippen molar-refractivity contribution in [3.05, 3.63) is 81.9 Å². The number of para-hydroxylation sites is 1. The van der Waals surface area contributed by atoms with Crippen LogP contribution in [-0.2, 0) is 0 Å². The molecule has 0 aliphatic heterocycles. The molecule has 0 fully saturated rings. The highest BCUT2D eigenvalue weighted by molar-refractivity contribution is 5.93. The molecule has 0 saturated heterocycles. The zero-order chi connectivity index (χ0) is 23.7. The first kappa shape index (κ1) is 22.4. The third kappa shape index (κ3) is 4.18. The highest BCUT2D eigenvalue weighted by Gasteiger charge is 2.21. The molecular formula is C23H19F3N4O3. The van der Waals surface area contributed by atoms with Crippen LogP contribution in [0.25, 0.3) is 28.0 Å². The van der Waals surface area contributed by atoms with Crippen LogP contribution in [-0.4, -0.2) is 44.0 Å². The molecule has 2 aromatic heterocycles. The molecule has 0 atom stereocenters. The number of hydrogen-bond acceptors (Lipinski definition) is 6. The smallest absolute Gasteiger partial charge is 0.256 e. The molecular weight excluding hydrogens is 437 g/mol. The van der Waals surface area contributed by atoms with E-state index in [1.807, 2.05) is 0 Å². The number of halogens is 3. The number of anilines is 1. The normalized spacial score (nSPS) is 11.4. The van der Waals surface area contributed by atoms with Crippen molar-refractivity contribution in [2.75, 3.05) is 18.5 Å². The molecule has 0 aliphatic rings. The summed E-state index contributed by atoms with van der Waals surface area (Å²) in [5, 5.41) is 21.9. The Morgan fingerprint density at radius 3 is 2.33 bits per heavy atom. The molecule has 33 heavy (non-hydrogen) atoms. The lowest BCUT2D eigenvalue weighted by atomic mass is 10.0. The van der Waals surface area contributed by atoms with E-state index >= 15 is 0 Å². The second-order valence-corrected chi connectivity index (χ2v) is 7.38. The van der Waals surface area contributed by atoms with E-state index < -0.39 is 48.0 Å². The average molecular weight is 456 g/mol. The van der Waals surface area contributed by atoms with Gasteiger partial charge in [-0.2, -0.15) is 4.98 Å². The van der Waals surface area contributed by atoms with Crippen molar-refractivity contribution in [2.24, 2.45) is 0 Å². The zero-order valence-electron chi connectivity index (χ0n) is 17.4. The number of rotatable bonds is 6. The van der Waals surface area contributed by atoms with Crippen molar-refractivity contribution in [1.29, 1.82) is 0 Å². The van der Waals surface area contributed by atoms with Crippen LogP contribution in [0.3, 0.4) is 0 Å². The molecule has 3 N–H and O–H groups in total. The fourth-order valence-corrected chi connectivity index (χ4v) is 3.53. The molecule has 4 rings (SSSR count). The summed E-state index contributed by atoms with van der Waals surface area (Å²) in [6.07, 6.45) is 0. The van der Waals surface area contributed by atoms with E-state index in [0.29, 0.717) is 11.1 Å². The van der Waals surface area contributed by atoms with Crippen molar-refractivity contribution >= 4 is 17.0 Å². The minimum atomic E-state index is -0.971. The number of benzene rings is 2. The Labute approximate surface area is 185 Å². The lowest BCUT2D eigenvalue weighted by Crippen LogP contribution is -2.29. The third-order valence-corrected chi connectivity index (χ3v) is 5.13. The van der Waals surface area contributed by atoms with Crippen molar-refractivity contribution in [2.45, 2.75) is 13.0 Å². The van der Waals surface area contributed by atoms with Gasteiger partial charge in [-0.1, -0.05) is 6.07 Å². The predicted octanol–water partition coefficient (Wildman–Crippen LogP) is 2.94. The maximum Gasteiger partial charge on any atom is 0.256 e. The van der Waals surface area contributed by atoms with E-state index in [1.165, 1.54) is 30.3 Å². The van der Waals surface area contributed by atoms with Gasteiger partial charge in [-0.05, 0) is 48.9 Å². The number of aromatic nitrogens is 3. The van der Waals surface area contributed by atoms with Crippen LogP contribution >= 0.6 is 0 Å². The Morgan fingerprint density at radius 1 is 1.00 bits per heavy atom. The van der Waals surface area contributed by atoms with Crippen molar-refractivity contribution in [3.63, 3.8) is 0 Å². The number of fused-ring (bicyclic) bond motifs is 1. The van der Waals surface area contributed by atoms with E-state index in [-0.39, 0.29) is 22.7 Å². The monoisotopic (exact) mass is 456 g/mol. The number of hydrogen-bond donors (Lipinski definition) is 3. The van der Waals surface area contributed by atoms with Crippen LogP contribution in [0.1, 0.15) is 5.56 Å². The van der Waals surface area contributed by atoms with Gasteiger partial charge in [0.25, 0.3) is 5.56 Å². The number of aliphatic hydroxyl groups is 2. The number of nitrogens with one attached hydrogen (secondary N) is 1. The topological polar surface area (TPSA) is 100 Å². The van der Waals surface area contributed by atoms with Crippen LogP contribution in [0.4, 0.5) is 19.1 Å². The Balaban J connectivity index is 2.10. The third-order valence-electron chi connectivity index (χ3n) is 5.13. The van der Waals surface area contributed by atoms with Crippen LogP contribution in [0, 0.1) is 24.4 Å². The first-order valence-electron chi connectivity index (χ1n) is 9.97. The van der Waals surface area contributed by atoms with E-state index in [4.69, 9.17) is 0 Å². The van der Waals surface area contributed by atoms with Crippen molar-refractivity contribution in [1.82, 2.24) is 14.5 Å². The summed E-state index contributed by atoms with van der Waals surface area (Å²) < 4.78 is 43.8. The highest BCUT2D eigenvalue weighted by Crippen LogP contribution is 2.31. The minimum Gasteiger partial charge on any atom is -0.394 e. The number of aliphatic hydroxyl groups excluding tert-OH is 2. The van der Waals surface area contributed by atoms with E-state index in [1.54, 1.807) is 6.92 Å². The summed E-state index contributed by atoms with van der Waals surface area (Å²) in [5.74, 6) is -2.51. The second-order valence-electron chi connectivity index (χ2n) is 7.38. The van der Waals surface area contributed by atoms with Crippen LogP contribution in [0.5, 0.6) is 0 Å². The molecule has 0 bridgehead atoms. The van der Waals surface area contributed by atoms with Gasteiger partial charge in [0, 0.05) is 17.0 Å². The fourth-order valence-electron chi connectivity index (χ4n) is 3.53. The number of nitrogens with zero attached hydrogens (tertiary/aromatic N) is 3. The standard InChI is InChI=1S/C23H19F3N4O3/c1-12-9-13(24)5-6-15(12)20-16-7-8-19(33)30(21-17(25)3-2-4-18(21)26)22(16)29-23(28-20)27-14(10-31)11-32/h2-9,14,31-32H,10-11H2,1H3,(H,27,28,29). The Morgan fingerprint density at radius 2 is 1.70 bits per heavy atom. The van der Waals surface area contributed by atoms with Gasteiger partial charge in [-0.3, -0.25) is 9.36 Å². The molecule has 4 aromatic rings. The van der Waals surface area contributed by atoms with Crippen LogP contribution in [0.2, 0.25) is 0 Å². The summed E-state index contributed by atoms with van der Waals surface area (Å²) in [6.45, 7) is 0.759. The van der Waals surface area contributed by atoms with Gasteiger partial charge < -0.3 is 15.5 Å². The van der Waals surface area contributed by atoms with Crippen molar-refractivity contribution in [3.8, 4) is 16.9 Å². The van der Waals surface area contributed by atoms with Gasteiger partial charge in [0.1, 0.15) is 23.1 Å². The average Bonchev–Trinajstić information content (AvgIpc) is 2.78. The van der Waals surface area contributed by atoms with Gasteiger partial charge in [0.15, 0.2) is 5.65 Å². The van der Waals surface area contributed by atoms with Gasteiger partial charge in [-0.15, -0.1) is 0 Å². The minimum absolute atomic E-state index is 0.106. The van der Waals surface area contributed by atoms with Crippen LogP contribution in [0.15, 0.2) is 53.3 Å². The van der Waals surface area contributed by atoms with Crippen LogP contribution < -0.4 is 10.9 Å². The summed E-state index contributed by atoms with van der Waals surface area (Å²) in [6, 6.07) is 8.96. The Hall–Kier alpha value is -3.76. The van der Waals surface area contributed by atoms with E-state index in [9.17, 15) is 28.2 Å². The highest BCUT2D eigenvalue weighted by atomic mass is 19.1. The lowest BCUT2D eigenvalue weighted by Gasteiger charge is -2.18. The molecule has 170 valence electrons. The molecule has 0 aliphatic carbocycles. The molecule has 7 nitrogen and oxygen atoms in total. The Bertz CT molecular complexity index is 1380. The first-order valence-corrected chi connectivity index (χ1v) is 9.97. The molecule has 2 heterocycles. The van der Waals surface area contributed by atoms with Gasteiger partial charge in [0.05, 0.1) is 24.9 Å². The first-order chi connectivity index (χ1) is 15.8. The lowest BCUT2D eigenvalue weighted by molar-refractivity contribution is 0.203.